The van der Waals surface area contributed by atoms with Crippen molar-refractivity contribution in [3.63, 3.8) is 0 Å². The third kappa shape index (κ3) is 8.54. The number of aromatic amines is 1. The molecule has 51 heavy (non-hydrogen) atoms. The molecular formula is C40H44N6O5. The smallest absolute Gasteiger partial charge is 0.418 e. The highest BCUT2D eigenvalue weighted by Crippen LogP contribution is 2.46. The highest BCUT2D eigenvalue weighted by atomic mass is 16.6. The van der Waals surface area contributed by atoms with Crippen LogP contribution >= 0.6 is 0 Å². The fourth-order valence-corrected chi connectivity index (χ4v) is 6.79. The van der Waals surface area contributed by atoms with Crippen molar-refractivity contribution in [1.82, 2.24) is 30.5 Å². The number of carbonyl (C=O) groups excluding carboxylic acids is 3. The van der Waals surface area contributed by atoms with Crippen molar-refractivity contribution in [2.24, 2.45) is 5.41 Å². The van der Waals surface area contributed by atoms with Crippen molar-refractivity contribution in [3.8, 4) is 0 Å². The Hall–Kier alpha value is -5.71. The first-order chi connectivity index (χ1) is 24.9. The van der Waals surface area contributed by atoms with E-state index in [0.717, 1.165) is 41.1 Å². The molecule has 4 amide bonds. The summed E-state index contributed by atoms with van der Waals surface area (Å²) in [5.74, 6) is 0.00274. The van der Waals surface area contributed by atoms with E-state index in [2.05, 4.69) is 37.7 Å². The van der Waals surface area contributed by atoms with Gasteiger partial charge in [-0.05, 0) is 55.2 Å². The summed E-state index contributed by atoms with van der Waals surface area (Å²) in [6.45, 7) is 2.65. The third-order valence-corrected chi connectivity index (χ3v) is 9.86. The van der Waals surface area contributed by atoms with Gasteiger partial charge in [0.1, 0.15) is 19.0 Å². The first-order valence-electron chi connectivity index (χ1n) is 17.4. The highest BCUT2D eigenvalue weighted by molar-refractivity contribution is 5.91. The van der Waals surface area contributed by atoms with Gasteiger partial charge in [0.05, 0.1) is 12.0 Å². The zero-order valence-corrected chi connectivity index (χ0v) is 28.8. The van der Waals surface area contributed by atoms with Crippen LogP contribution in [0, 0.1) is 5.41 Å². The number of hydrogen-bond acceptors (Lipinski definition) is 7. The molecule has 11 heteroatoms. The van der Waals surface area contributed by atoms with Crippen molar-refractivity contribution >= 4 is 18.0 Å². The van der Waals surface area contributed by atoms with Gasteiger partial charge in [-0.25, -0.2) is 19.5 Å². The van der Waals surface area contributed by atoms with Crippen molar-refractivity contribution in [1.29, 1.82) is 0 Å². The lowest BCUT2D eigenvalue weighted by Gasteiger charge is -2.43. The van der Waals surface area contributed by atoms with E-state index in [1.807, 2.05) is 85.0 Å². The minimum absolute atomic E-state index is 0.0365. The van der Waals surface area contributed by atoms with Gasteiger partial charge in [-0.2, -0.15) is 0 Å². The molecule has 2 aromatic heterocycles. The number of ether oxygens (including phenoxy) is 2. The summed E-state index contributed by atoms with van der Waals surface area (Å²) in [7, 11) is 0. The number of hydrogen-bond donors (Lipinski definition) is 3. The number of urea groups is 1. The van der Waals surface area contributed by atoms with Gasteiger partial charge in [-0.1, -0.05) is 79.2 Å². The molecule has 2 heterocycles. The van der Waals surface area contributed by atoms with Gasteiger partial charge in [0.15, 0.2) is 0 Å². The van der Waals surface area contributed by atoms with Crippen LogP contribution in [0.5, 0.6) is 0 Å². The Morgan fingerprint density at radius 1 is 0.941 bits per heavy atom. The highest BCUT2D eigenvalue weighted by Gasteiger charge is 2.44. The van der Waals surface area contributed by atoms with E-state index in [0.29, 0.717) is 12.3 Å². The lowest BCUT2D eigenvalue weighted by atomic mass is 9.64. The average Bonchev–Trinajstić information content (AvgIpc) is 3.69. The molecule has 2 atom stereocenters. The summed E-state index contributed by atoms with van der Waals surface area (Å²) < 4.78 is 11.6. The normalized spacial score (nSPS) is 18.8. The summed E-state index contributed by atoms with van der Waals surface area (Å²) in [5.41, 5.74) is 2.51. The largest absolute Gasteiger partial charge is 0.488 e. The molecule has 0 saturated heterocycles. The number of pyridine rings is 1. The quantitative estimate of drug-likeness (QED) is 0.137. The average molecular weight is 689 g/mol. The van der Waals surface area contributed by atoms with Crippen LogP contribution in [0.3, 0.4) is 0 Å². The van der Waals surface area contributed by atoms with Crippen LogP contribution < -0.4 is 10.6 Å². The summed E-state index contributed by atoms with van der Waals surface area (Å²) in [4.78, 5) is 53.5. The number of imide groups is 1. The van der Waals surface area contributed by atoms with Crippen LogP contribution in [0.15, 0.2) is 122 Å². The molecule has 6 rings (SSSR count). The van der Waals surface area contributed by atoms with Crippen molar-refractivity contribution < 1.29 is 23.9 Å². The van der Waals surface area contributed by atoms with Gasteiger partial charge in [-0.3, -0.25) is 9.78 Å². The van der Waals surface area contributed by atoms with E-state index in [9.17, 15) is 14.4 Å². The number of nitrogens with one attached hydrogen (secondary N) is 3. The number of aromatic nitrogens is 3. The fourth-order valence-electron chi connectivity index (χ4n) is 6.79. The molecule has 0 bridgehead atoms. The first-order valence-corrected chi connectivity index (χ1v) is 17.4. The molecule has 11 nitrogen and oxygen atoms in total. The molecule has 2 aromatic carbocycles. The van der Waals surface area contributed by atoms with Gasteiger partial charge in [0.2, 0.25) is 5.91 Å². The number of rotatable bonds is 14. The van der Waals surface area contributed by atoms with Crippen LogP contribution in [0.4, 0.5) is 9.59 Å². The second-order valence-electron chi connectivity index (χ2n) is 13.1. The van der Waals surface area contributed by atoms with E-state index in [1.165, 1.54) is 5.56 Å². The molecule has 1 fully saturated rings. The van der Waals surface area contributed by atoms with E-state index in [-0.39, 0.29) is 44.0 Å². The van der Waals surface area contributed by atoms with E-state index < -0.39 is 23.5 Å². The molecule has 4 aromatic rings. The van der Waals surface area contributed by atoms with Gasteiger partial charge in [0.25, 0.3) is 0 Å². The maximum Gasteiger partial charge on any atom is 0.418 e. The van der Waals surface area contributed by atoms with Gasteiger partial charge in [-0.15, -0.1) is 0 Å². The Kier molecular flexibility index (Phi) is 11.2. The maximum absolute atomic E-state index is 14.0. The maximum atomic E-state index is 14.0. The molecule has 2 aliphatic rings. The zero-order chi connectivity index (χ0) is 35.5. The lowest BCUT2D eigenvalue weighted by molar-refractivity contribution is -0.123. The Labute approximate surface area is 298 Å². The number of benzene rings is 2. The van der Waals surface area contributed by atoms with Gasteiger partial charge >= 0.3 is 12.1 Å². The van der Waals surface area contributed by atoms with Crippen LogP contribution in [-0.2, 0) is 32.9 Å². The second kappa shape index (κ2) is 16.3. The summed E-state index contributed by atoms with van der Waals surface area (Å²) in [5, 5.41) is 6.19. The topological polar surface area (TPSA) is 139 Å². The van der Waals surface area contributed by atoms with E-state index in [1.54, 1.807) is 25.6 Å². The minimum Gasteiger partial charge on any atom is -0.488 e. The second-order valence-corrected chi connectivity index (χ2v) is 13.1. The predicted octanol–water partition coefficient (Wildman–Crippen LogP) is 6.54. The number of imidazole rings is 1. The molecule has 0 radical (unpaired) electrons. The molecule has 264 valence electrons. The SMILES string of the molecule is CCN(C(=O)NC[C@@]1(CC(=O)NCC2(c3ccccc3)CCC2)C=CC(OCc2ccccn2)=CC1c1cnc[nH]1)C(=O)OCc1ccccc1. The lowest BCUT2D eigenvalue weighted by Crippen LogP contribution is -2.51. The van der Waals surface area contributed by atoms with Crippen LogP contribution in [0.2, 0.25) is 0 Å². The van der Waals surface area contributed by atoms with Crippen molar-refractivity contribution in [3.05, 3.63) is 144 Å². The Bertz CT molecular complexity index is 1810. The number of carbonyl (C=O) groups is 3. The Morgan fingerprint density at radius 2 is 1.71 bits per heavy atom. The van der Waals surface area contributed by atoms with Crippen LogP contribution in [0.1, 0.15) is 61.0 Å². The number of nitrogens with zero attached hydrogens (tertiary/aromatic N) is 3. The first kappa shape index (κ1) is 35.1. The Morgan fingerprint density at radius 3 is 2.37 bits per heavy atom. The van der Waals surface area contributed by atoms with Crippen LogP contribution in [0.25, 0.3) is 0 Å². The van der Waals surface area contributed by atoms with Crippen molar-refractivity contribution in [2.75, 3.05) is 19.6 Å². The summed E-state index contributed by atoms with van der Waals surface area (Å²) >= 11 is 0. The minimum atomic E-state index is -0.947. The zero-order valence-electron chi connectivity index (χ0n) is 28.8. The molecule has 2 aliphatic carbocycles. The molecule has 3 N–H and O–H groups in total. The third-order valence-electron chi connectivity index (χ3n) is 9.86. The molecule has 0 spiro atoms. The standard InChI is InChI=1S/C40H44N6O5/c1-2-46(38(49)51-25-30-12-5-3-6-13-30)37(48)44-28-40(23-36(47)43-27-39(18-11-19-39)31-14-7-4-8-15-31)20-17-33(22-34(40)35-24-41-29-45-35)50-26-32-16-9-10-21-42-32/h3-10,12-17,20-22,24,29,34H,2,11,18-19,23,25-28H2,1H3,(H,41,45)(H,43,47)(H,44,48)/t34?,40-/m0/s1. The summed E-state index contributed by atoms with van der Waals surface area (Å²) in [6, 6.07) is 24.6. The Balaban J connectivity index is 1.21. The molecule has 1 unspecified atom stereocenters. The number of allylic oxidation sites excluding steroid dienone is 2. The monoisotopic (exact) mass is 688 g/mol. The van der Waals surface area contributed by atoms with Gasteiger partial charge in [0, 0.05) is 60.9 Å². The molecular weight excluding hydrogens is 644 g/mol. The van der Waals surface area contributed by atoms with Crippen LogP contribution in [-0.4, -0.2) is 57.5 Å². The molecule has 1 saturated carbocycles. The van der Waals surface area contributed by atoms with Crippen molar-refractivity contribution in [2.45, 2.75) is 57.2 Å². The number of amides is 4. The predicted molar refractivity (Wildman–Crippen MR) is 192 cm³/mol. The van der Waals surface area contributed by atoms with Gasteiger partial charge < -0.3 is 25.1 Å². The number of H-pyrrole nitrogens is 1. The fraction of sp³-hybridized carbons (Fsp3) is 0.325. The summed E-state index contributed by atoms with van der Waals surface area (Å²) in [6.07, 6.45) is 13.1. The van der Waals surface area contributed by atoms with E-state index in [4.69, 9.17) is 9.47 Å². The molecule has 0 aliphatic heterocycles. The van der Waals surface area contributed by atoms with E-state index >= 15 is 0 Å².